The van der Waals surface area contributed by atoms with Crippen LogP contribution in [0.5, 0.6) is 11.5 Å². The fourth-order valence-corrected chi connectivity index (χ4v) is 1.97. The van der Waals surface area contributed by atoms with E-state index in [2.05, 4.69) is 0 Å². The van der Waals surface area contributed by atoms with E-state index in [1.165, 1.54) is 38.5 Å². The monoisotopic (exact) mass is 298 g/mol. The summed E-state index contributed by atoms with van der Waals surface area (Å²) in [5, 5.41) is 0. The third-order valence-electron chi connectivity index (χ3n) is 3.05. The summed E-state index contributed by atoms with van der Waals surface area (Å²) in [7, 11) is 3.08. The minimum atomic E-state index is -2.22. The Morgan fingerprint density at radius 1 is 0.773 bits per heavy atom. The zero-order valence-electron chi connectivity index (χ0n) is 16.7. The number of rotatable bonds is 7. The predicted molar refractivity (Wildman–Crippen MR) is 93.3 cm³/mol. The Labute approximate surface area is 138 Å². The standard InChI is InChI=1S/C20H22O2/c1-21-19-15-9-7-13-17(19)11-5-3-4-6-12-18-14-8-10-16-20(18)22-2/h5-16H,3-4H2,1-2H3/b11-5+,12-6+/i3D2,4D2. The SMILES string of the molecule is [2H]C([2H])(/C=C/c1ccccc1OC)C([2H])([2H])/C=C/c1ccccc1OC. The van der Waals surface area contributed by atoms with Crippen LogP contribution in [0.4, 0.5) is 0 Å². The summed E-state index contributed by atoms with van der Waals surface area (Å²) in [5.41, 5.74) is 1.37. The van der Waals surface area contributed by atoms with E-state index in [1.54, 1.807) is 24.3 Å². The third kappa shape index (κ3) is 4.52. The average Bonchev–Trinajstić information content (AvgIpc) is 2.65. The van der Waals surface area contributed by atoms with E-state index < -0.39 is 12.7 Å². The summed E-state index contributed by atoms with van der Waals surface area (Å²) < 4.78 is 43.1. The molecule has 0 unspecified atom stereocenters. The highest BCUT2D eigenvalue weighted by atomic mass is 16.5. The quantitative estimate of drug-likeness (QED) is 0.698. The first kappa shape index (κ1) is 11.1. The lowest BCUT2D eigenvalue weighted by Crippen LogP contribution is -1.85. The maximum absolute atomic E-state index is 8.15. The van der Waals surface area contributed by atoms with Crippen LogP contribution in [0.3, 0.4) is 0 Å². The van der Waals surface area contributed by atoms with Crippen molar-refractivity contribution < 1.29 is 15.0 Å². The van der Waals surface area contributed by atoms with Crippen LogP contribution in [-0.4, -0.2) is 14.2 Å². The van der Waals surface area contributed by atoms with Gasteiger partial charge in [-0.05, 0) is 24.9 Å². The summed E-state index contributed by atoms with van der Waals surface area (Å²) in [6.07, 6.45) is 1.08. The molecule has 0 fully saturated rings. The van der Waals surface area contributed by atoms with Crippen LogP contribution in [-0.2, 0) is 0 Å². The fourth-order valence-electron chi connectivity index (χ4n) is 1.97. The highest BCUT2D eigenvalue weighted by molar-refractivity contribution is 5.58. The normalized spacial score (nSPS) is 15.2. The Morgan fingerprint density at radius 3 is 1.59 bits per heavy atom. The van der Waals surface area contributed by atoms with E-state index >= 15 is 0 Å². The molecule has 2 heteroatoms. The highest BCUT2D eigenvalue weighted by Gasteiger charge is 1.96. The second-order valence-corrected chi connectivity index (χ2v) is 4.44. The van der Waals surface area contributed by atoms with Gasteiger partial charge in [-0.3, -0.25) is 0 Å². The number of benzene rings is 2. The molecule has 0 aliphatic carbocycles. The van der Waals surface area contributed by atoms with Crippen LogP contribution in [0.15, 0.2) is 60.7 Å². The van der Waals surface area contributed by atoms with Crippen molar-refractivity contribution in [1.29, 1.82) is 0 Å². The molecule has 0 bridgehead atoms. The van der Waals surface area contributed by atoms with Crippen LogP contribution < -0.4 is 9.47 Å². The molecule has 2 nitrogen and oxygen atoms in total. The Kier molecular flexibility index (Phi) is 4.42. The molecular weight excluding hydrogens is 272 g/mol. The Bertz CT molecular complexity index is 730. The minimum absolute atomic E-state index is 0.602. The van der Waals surface area contributed by atoms with Gasteiger partial charge in [0.15, 0.2) is 0 Å². The topological polar surface area (TPSA) is 18.5 Å². The largest absolute Gasteiger partial charge is 0.496 e. The zero-order chi connectivity index (χ0) is 19.2. The van der Waals surface area contributed by atoms with Crippen molar-refractivity contribution in [3.05, 3.63) is 71.8 Å². The van der Waals surface area contributed by atoms with Crippen molar-refractivity contribution in [3.63, 3.8) is 0 Å². The van der Waals surface area contributed by atoms with Crippen molar-refractivity contribution in [3.8, 4) is 11.5 Å². The van der Waals surface area contributed by atoms with Gasteiger partial charge in [0.1, 0.15) is 11.5 Å². The molecule has 114 valence electrons. The maximum atomic E-state index is 8.15. The molecule has 0 atom stereocenters. The van der Waals surface area contributed by atoms with Gasteiger partial charge in [-0.2, -0.15) is 0 Å². The van der Waals surface area contributed by atoms with Crippen LogP contribution in [0.2, 0.25) is 0 Å². The first-order chi connectivity index (χ1) is 12.3. The van der Waals surface area contributed by atoms with Gasteiger partial charge < -0.3 is 9.47 Å². The lowest BCUT2D eigenvalue weighted by Gasteiger charge is -2.03. The van der Waals surface area contributed by atoms with E-state index in [-0.39, 0.29) is 0 Å². The second kappa shape index (κ2) is 8.73. The van der Waals surface area contributed by atoms with E-state index in [9.17, 15) is 0 Å². The first-order valence-electron chi connectivity index (χ1n) is 8.95. The van der Waals surface area contributed by atoms with Crippen LogP contribution >= 0.6 is 0 Å². The number of para-hydroxylation sites is 2. The summed E-state index contributed by atoms with van der Waals surface area (Å²) in [5.74, 6) is 1.20. The molecule has 0 aliphatic rings. The number of methoxy groups -OCH3 is 2. The smallest absolute Gasteiger partial charge is 0.126 e. The van der Waals surface area contributed by atoms with Gasteiger partial charge in [0.2, 0.25) is 0 Å². The number of hydrogen-bond acceptors (Lipinski definition) is 2. The molecule has 0 N–H and O–H groups in total. The van der Waals surface area contributed by atoms with Gasteiger partial charge in [-0.25, -0.2) is 0 Å². The van der Waals surface area contributed by atoms with E-state index in [4.69, 9.17) is 15.0 Å². The number of ether oxygens (including phenoxy) is 2. The second-order valence-electron chi connectivity index (χ2n) is 4.44. The van der Waals surface area contributed by atoms with Gasteiger partial charge in [0.25, 0.3) is 0 Å². The van der Waals surface area contributed by atoms with E-state index in [0.29, 0.717) is 22.6 Å². The van der Waals surface area contributed by atoms with Gasteiger partial charge >= 0.3 is 0 Å². The van der Waals surface area contributed by atoms with Gasteiger partial charge in [0.05, 0.1) is 14.2 Å². The van der Waals surface area contributed by atoms with E-state index in [0.717, 1.165) is 0 Å². The lowest BCUT2D eigenvalue weighted by molar-refractivity contribution is 0.413. The summed E-state index contributed by atoms with van der Waals surface area (Å²) >= 11 is 0. The molecule has 0 aromatic heterocycles. The molecule has 0 radical (unpaired) electrons. The average molecular weight is 298 g/mol. The molecule has 0 heterocycles. The first-order valence-corrected chi connectivity index (χ1v) is 6.95. The van der Waals surface area contributed by atoms with Crippen LogP contribution in [0.25, 0.3) is 12.2 Å². The molecule has 0 saturated heterocycles. The Morgan fingerprint density at radius 2 is 1.18 bits per heavy atom. The number of allylic oxidation sites excluding steroid dienone is 2. The molecule has 22 heavy (non-hydrogen) atoms. The molecule has 0 aliphatic heterocycles. The number of hydrogen-bond donors (Lipinski definition) is 0. The molecule has 2 rings (SSSR count). The minimum Gasteiger partial charge on any atom is -0.496 e. The van der Waals surface area contributed by atoms with Gasteiger partial charge in [-0.15, -0.1) is 0 Å². The van der Waals surface area contributed by atoms with Crippen LogP contribution in [0, 0.1) is 0 Å². The summed E-state index contributed by atoms with van der Waals surface area (Å²) in [6, 6.07) is 14.4. The molecule has 0 saturated carbocycles. The van der Waals surface area contributed by atoms with Crippen molar-refractivity contribution in [2.75, 3.05) is 14.2 Å². The van der Waals surface area contributed by atoms with Gasteiger partial charge in [0, 0.05) is 16.6 Å². The molecule has 0 spiro atoms. The van der Waals surface area contributed by atoms with Crippen molar-refractivity contribution in [1.82, 2.24) is 0 Å². The van der Waals surface area contributed by atoms with Crippen molar-refractivity contribution in [2.24, 2.45) is 0 Å². The van der Waals surface area contributed by atoms with Crippen molar-refractivity contribution >= 4 is 12.2 Å². The fraction of sp³-hybridized carbons (Fsp3) is 0.200. The highest BCUT2D eigenvalue weighted by Crippen LogP contribution is 2.20. The summed E-state index contributed by atoms with van der Waals surface area (Å²) in [6.45, 7) is 0. The Hall–Kier alpha value is -2.48. The maximum Gasteiger partial charge on any atom is 0.126 e. The molecule has 0 amide bonds. The lowest BCUT2D eigenvalue weighted by atomic mass is 10.1. The third-order valence-corrected chi connectivity index (χ3v) is 3.05. The molecular formula is C20H22O2. The molecule has 2 aromatic rings. The molecule has 2 aromatic carbocycles. The van der Waals surface area contributed by atoms with E-state index in [1.807, 2.05) is 24.3 Å². The Balaban J connectivity index is 2.25. The predicted octanol–water partition coefficient (Wildman–Crippen LogP) is 5.21. The van der Waals surface area contributed by atoms with Gasteiger partial charge in [-0.1, -0.05) is 60.7 Å². The van der Waals surface area contributed by atoms with Crippen molar-refractivity contribution in [2.45, 2.75) is 12.7 Å². The van der Waals surface area contributed by atoms with Crippen LogP contribution in [0.1, 0.15) is 29.4 Å². The zero-order valence-corrected chi connectivity index (χ0v) is 12.7. The summed E-state index contributed by atoms with van der Waals surface area (Å²) in [4.78, 5) is 0.